The maximum atomic E-state index is 12.8. The lowest BCUT2D eigenvalue weighted by molar-refractivity contribution is -0.376. The van der Waals surface area contributed by atoms with Crippen LogP contribution in [0.15, 0.2) is 24.3 Å². The van der Waals surface area contributed by atoms with Gasteiger partial charge in [-0.25, -0.2) is 0 Å². The van der Waals surface area contributed by atoms with Crippen LogP contribution >= 0.6 is 0 Å². The number of likely N-dealkylation sites (N-methyl/N-ethyl adjacent to an activating group) is 1. The lowest BCUT2D eigenvalue weighted by atomic mass is 9.92. The number of benzene rings is 1. The van der Waals surface area contributed by atoms with Crippen LogP contribution in [0.5, 0.6) is 0 Å². The average Bonchev–Trinajstić information content (AvgIpc) is 2.56. The Bertz CT molecular complexity index is 601. The van der Waals surface area contributed by atoms with Gasteiger partial charge in [-0.1, -0.05) is 12.1 Å². The van der Waals surface area contributed by atoms with E-state index in [4.69, 9.17) is 9.47 Å². The molecule has 0 aromatic heterocycles. The van der Waals surface area contributed by atoms with Crippen LogP contribution in [0.1, 0.15) is 12.5 Å². The molecule has 0 saturated heterocycles. The van der Waals surface area contributed by atoms with Gasteiger partial charge in [0.2, 0.25) is 0 Å². The summed E-state index contributed by atoms with van der Waals surface area (Å²) in [6, 6.07) is 2.89. The number of nitrogens with zero attached hydrogens (tertiary/aromatic N) is 1. The molecule has 0 aliphatic heterocycles. The summed E-state index contributed by atoms with van der Waals surface area (Å²) in [5.74, 6) is -0.650. The highest BCUT2D eigenvalue weighted by Gasteiger charge is 2.71. The zero-order chi connectivity index (χ0) is 20.9. The van der Waals surface area contributed by atoms with E-state index in [2.05, 4.69) is 0 Å². The fourth-order valence-electron chi connectivity index (χ4n) is 2.13. The van der Waals surface area contributed by atoms with E-state index < -0.39 is 29.5 Å². The SMILES string of the molecule is CCOCCOC(=O)CN(C)c1ccc(C(O)(C(F)(F)F)C(F)(F)F)cc1. The van der Waals surface area contributed by atoms with E-state index in [0.717, 1.165) is 12.1 Å². The maximum Gasteiger partial charge on any atom is 0.430 e. The van der Waals surface area contributed by atoms with Crippen molar-refractivity contribution >= 4 is 11.7 Å². The number of hydrogen-bond acceptors (Lipinski definition) is 5. The fourth-order valence-corrected chi connectivity index (χ4v) is 2.13. The van der Waals surface area contributed by atoms with Crippen LogP contribution in [0.25, 0.3) is 0 Å². The smallest absolute Gasteiger partial charge is 0.430 e. The largest absolute Gasteiger partial charge is 0.462 e. The van der Waals surface area contributed by atoms with Crippen molar-refractivity contribution in [3.63, 3.8) is 0 Å². The molecule has 1 N–H and O–H groups in total. The highest BCUT2D eigenvalue weighted by molar-refractivity contribution is 5.75. The van der Waals surface area contributed by atoms with Gasteiger partial charge in [0.25, 0.3) is 5.60 Å². The molecule has 154 valence electrons. The van der Waals surface area contributed by atoms with Crippen LogP contribution in [0.2, 0.25) is 0 Å². The van der Waals surface area contributed by atoms with Crippen molar-refractivity contribution < 1.29 is 45.7 Å². The molecule has 0 aliphatic rings. The van der Waals surface area contributed by atoms with Crippen molar-refractivity contribution in [3.8, 4) is 0 Å². The third-order valence-electron chi connectivity index (χ3n) is 3.61. The zero-order valence-electron chi connectivity index (χ0n) is 14.5. The fraction of sp³-hybridized carbons (Fsp3) is 0.562. The van der Waals surface area contributed by atoms with Gasteiger partial charge in [0, 0.05) is 24.9 Å². The Kier molecular flexibility index (Phi) is 7.49. The Morgan fingerprint density at radius 1 is 1.04 bits per heavy atom. The minimum absolute atomic E-state index is 0.0175. The van der Waals surface area contributed by atoms with Crippen LogP contribution in [-0.4, -0.2) is 56.8 Å². The van der Waals surface area contributed by atoms with Gasteiger partial charge in [-0.05, 0) is 19.1 Å². The molecule has 1 aromatic carbocycles. The molecule has 0 aliphatic carbocycles. The lowest BCUT2D eigenvalue weighted by Gasteiger charge is -2.33. The van der Waals surface area contributed by atoms with Crippen LogP contribution < -0.4 is 4.90 Å². The predicted molar refractivity (Wildman–Crippen MR) is 83.2 cm³/mol. The van der Waals surface area contributed by atoms with Gasteiger partial charge in [-0.15, -0.1) is 0 Å². The monoisotopic (exact) mass is 403 g/mol. The van der Waals surface area contributed by atoms with E-state index in [9.17, 15) is 36.2 Å². The number of aliphatic hydroxyl groups is 1. The van der Waals surface area contributed by atoms with Gasteiger partial charge < -0.3 is 19.5 Å². The summed E-state index contributed by atoms with van der Waals surface area (Å²) in [5.41, 5.74) is -6.21. The number of alkyl halides is 6. The third-order valence-corrected chi connectivity index (χ3v) is 3.61. The lowest BCUT2D eigenvalue weighted by Crippen LogP contribution is -2.53. The summed E-state index contributed by atoms with van der Waals surface area (Å²) in [6.07, 6.45) is -11.9. The van der Waals surface area contributed by atoms with E-state index >= 15 is 0 Å². The van der Waals surface area contributed by atoms with Crippen LogP contribution in [0.3, 0.4) is 0 Å². The first kappa shape index (κ1) is 23.0. The van der Waals surface area contributed by atoms with Crippen molar-refractivity contribution in [2.75, 3.05) is 38.3 Å². The second kappa shape index (κ2) is 8.79. The summed E-state index contributed by atoms with van der Waals surface area (Å²) in [4.78, 5) is 12.9. The molecule has 27 heavy (non-hydrogen) atoms. The molecule has 0 unspecified atom stereocenters. The topological polar surface area (TPSA) is 59.0 Å². The molecule has 5 nitrogen and oxygen atoms in total. The molecular weight excluding hydrogens is 384 g/mol. The number of hydrogen-bond donors (Lipinski definition) is 1. The molecule has 0 saturated carbocycles. The van der Waals surface area contributed by atoms with Crippen molar-refractivity contribution in [2.24, 2.45) is 0 Å². The van der Waals surface area contributed by atoms with Crippen molar-refractivity contribution in [1.29, 1.82) is 0 Å². The summed E-state index contributed by atoms with van der Waals surface area (Å²) >= 11 is 0. The normalized spacial score (nSPS) is 12.8. The highest BCUT2D eigenvalue weighted by atomic mass is 19.4. The first-order valence-corrected chi connectivity index (χ1v) is 7.75. The molecule has 0 amide bonds. The predicted octanol–water partition coefficient (Wildman–Crippen LogP) is 3.01. The number of carbonyl (C=O) groups is 1. The van der Waals surface area contributed by atoms with Crippen molar-refractivity contribution in [3.05, 3.63) is 29.8 Å². The first-order chi connectivity index (χ1) is 12.3. The van der Waals surface area contributed by atoms with Gasteiger partial charge in [-0.3, -0.25) is 4.79 Å². The summed E-state index contributed by atoms with van der Waals surface area (Å²) in [5, 5.41) is 9.32. The van der Waals surface area contributed by atoms with E-state index in [1.807, 2.05) is 0 Å². The molecule has 1 aromatic rings. The number of esters is 1. The number of halogens is 6. The Labute approximate surface area is 151 Å². The van der Waals surface area contributed by atoms with Gasteiger partial charge in [0.15, 0.2) is 0 Å². The number of anilines is 1. The van der Waals surface area contributed by atoms with E-state index in [1.165, 1.54) is 11.9 Å². The molecule has 0 atom stereocenters. The van der Waals surface area contributed by atoms with Crippen LogP contribution in [-0.2, 0) is 19.9 Å². The minimum Gasteiger partial charge on any atom is -0.462 e. The summed E-state index contributed by atoms with van der Waals surface area (Å²) < 4.78 is 86.9. The Hall–Kier alpha value is -2.01. The van der Waals surface area contributed by atoms with Gasteiger partial charge in [0.1, 0.15) is 13.2 Å². The Morgan fingerprint density at radius 2 is 1.56 bits per heavy atom. The van der Waals surface area contributed by atoms with E-state index in [1.54, 1.807) is 6.92 Å². The second-order valence-electron chi connectivity index (χ2n) is 5.53. The van der Waals surface area contributed by atoms with E-state index in [0.29, 0.717) is 18.7 Å². The minimum atomic E-state index is -5.96. The Morgan fingerprint density at radius 3 is 2.00 bits per heavy atom. The molecule has 11 heteroatoms. The van der Waals surface area contributed by atoms with Gasteiger partial charge in [-0.2, -0.15) is 26.3 Å². The third kappa shape index (κ3) is 5.48. The van der Waals surface area contributed by atoms with Crippen LogP contribution in [0.4, 0.5) is 32.0 Å². The molecular formula is C16H19F6NO4. The van der Waals surface area contributed by atoms with Gasteiger partial charge >= 0.3 is 18.3 Å². The van der Waals surface area contributed by atoms with E-state index in [-0.39, 0.29) is 25.4 Å². The molecule has 1 rings (SSSR count). The second-order valence-corrected chi connectivity index (χ2v) is 5.53. The number of carbonyl (C=O) groups excluding carboxylic acids is 1. The molecule has 0 radical (unpaired) electrons. The summed E-state index contributed by atoms with van der Waals surface area (Å²) in [6.45, 7) is 2.15. The Balaban J connectivity index is 2.87. The summed E-state index contributed by atoms with van der Waals surface area (Å²) in [7, 11) is 1.40. The standard InChI is InChI=1S/C16H19F6NO4/c1-3-26-8-9-27-13(24)10-23(2)12-6-4-11(5-7-12)14(25,15(17,18)19)16(20,21)22/h4-7,25H,3,8-10H2,1-2H3. The average molecular weight is 403 g/mol. The molecule has 0 bridgehead atoms. The molecule has 0 fully saturated rings. The zero-order valence-corrected chi connectivity index (χ0v) is 14.5. The molecule has 0 spiro atoms. The van der Waals surface area contributed by atoms with Crippen molar-refractivity contribution in [2.45, 2.75) is 24.9 Å². The first-order valence-electron chi connectivity index (χ1n) is 7.75. The number of rotatable bonds is 8. The van der Waals surface area contributed by atoms with Crippen molar-refractivity contribution in [1.82, 2.24) is 0 Å². The van der Waals surface area contributed by atoms with Gasteiger partial charge in [0.05, 0.1) is 6.61 Å². The quantitative estimate of drug-likeness (QED) is 0.411. The highest BCUT2D eigenvalue weighted by Crippen LogP contribution is 2.50. The van der Waals surface area contributed by atoms with Crippen LogP contribution in [0, 0.1) is 0 Å². The number of ether oxygens (including phenoxy) is 2. The molecule has 0 heterocycles. The maximum absolute atomic E-state index is 12.8.